The lowest BCUT2D eigenvalue weighted by Crippen LogP contribution is -2.24. The molecule has 94 valence electrons. The predicted octanol–water partition coefficient (Wildman–Crippen LogP) is 1.43. The summed E-state index contributed by atoms with van der Waals surface area (Å²) in [6.07, 6.45) is 2.11. The number of aryl methyl sites for hydroxylation is 1. The van der Waals surface area contributed by atoms with E-state index in [1.807, 2.05) is 20.8 Å². The molecule has 0 bridgehead atoms. The monoisotopic (exact) mass is 236 g/mol. The molecule has 0 aliphatic rings. The molecule has 0 radical (unpaired) electrons. The highest BCUT2D eigenvalue weighted by Crippen LogP contribution is 2.24. The lowest BCUT2D eigenvalue weighted by Gasteiger charge is -2.11. The zero-order valence-electron chi connectivity index (χ0n) is 11.0. The highest BCUT2D eigenvalue weighted by atomic mass is 16.5. The number of likely N-dealkylation sites (N-methyl/N-ethyl adjacent to an activating group) is 1. The van der Waals surface area contributed by atoms with Crippen molar-refractivity contribution < 1.29 is 9.53 Å². The van der Waals surface area contributed by atoms with Gasteiger partial charge in [-0.1, -0.05) is 6.92 Å². The van der Waals surface area contributed by atoms with Gasteiger partial charge in [0.2, 0.25) is 0 Å². The van der Waals surface area contributed by atoms with Gasteiger partial charge in [0.05, 0.1) is 25.8 Å². The number of Topliss-reactive ketones (excluding diaryl/α,β-unsaturated/α-hetero) is 1. The molecule has 1 aromatic heterocycles. The lowest BCUT2D eigenvalue weighted by molar-refractivity contribution is -0.117. The van der Waals surface area contributed by atoms with E-state index in [-0.39, 0.29) is 5.78 Å². The van der Waals surface area contributed by atoms with E-state index in [1.165, 1.54) is 0 Å². The summed E-state index contributed by atoms with van der Waals surface area (Å²) in [5.74, 6) is 0.972. The molecule has 0 unspecified atom stereocenters. The van der Waals surface area contributed by atoms with Crippen molar-refractivity contribution in [2.75, 3.05) is 20.2 Å². The van der Waals surface area contributed by atoms with E-state index in [0.29, 0.717) is 13.0 Å². The van der Waals surface area contributed by atoms with E-state index in [2.05, 4.69) is 10.3 Å². The molecule has 4 nitrogen and oxygen atoms in total. The maximum absolute atomic E-state index is 11.7. The fourth-order valence-electron chi connectivity index (χ4n) is 1.76. The number of hydrogen-bond acceptors (Lipinski definition) is 4. The Morgan fingerprint density at radius 3 is 2.76 bits per heavy atom. The maximum Gasteiger partial charge on any atom is 0.152 e. The van der Waals surface area contributed by atoms with Gasteiger partial charge in [0, 0.05) is 17.3 Å². The van der Waals surface area contributed by atoms with E-state index in [9.17, 15) is 4.79 Å². The molecule has 1 rings (SSSR count). The van der Waals surface area contributed by atoms with Crippen LogP contribution < -0.4 is 10.1 Å². The minimum Gasteiger partial charge on any atom is -0.496 e. The summed E-state index contributed by atoms with van der Waals surface area (Å²) < 4.78 is 5.31. The Labute approximate surface area is 102 Å². The van der Waals surface area contributed by atoms with E-state index >= 15 is 0 Å². The molecule has 17 heavy (non-hydrogen) atoms. The molecule has 0 saturated carbocycles. The van der Waals surface area contributed by atoms with Gasteiger partial charge >= 0.3 is 0 Å². The molecular formula is C13H20N2O2. The van der Waals surface area contributed by atoms with Crippen LogP contribution in [-0.4, -0.2) is 31.0 Å². The number of rotatable bonds is 6. The largest absolute Gasteiger partial charge is 0.496 e. The second-order valence-corrected chi connectivity index (χ2v) is 4.04. The summed E-state index contributed by atoms with van der Waals surface area (Å²) in [6.45, 7) is 7.06. The molecule has 1 aromatic rings. The van der Waals surface area contributed by atoms with Crippen LogP contribution in [0.4, 0.5) is 0 Å². The number of methoxy groups -OCH3 is 1. The van der Waals surface area contributed by atoms with Crippen LogP contribution in [0.1, 0.15) is 23.7 Å². The Kier molecular flexibility index (Phi) is 5.10. The first-order valence-electron chi connectivity index (χ1n) is 5.81. The summed E-state index contributed by atoms with van der Waals surface area (Å²) >= 11 is 0. The molecule has 0 amide bonds. The van der Waals surface area contributed by atoms with Crippen LogP contribution in [0.15, 0.2) is 6.20 Å². The highest BCUT2D eigenvalue weighted by Gasteiger charge is 2.12. The van der Waals surface area contributed by atoms with Gasteiger partial charge in [0.15, 0.2) is 5.78 Å². The Morgan fingerprint density at radius 2 is 2.18 bits per heavy atom. The smallest absolute Gasteiger partial charge is 0.152 e. The Balaban J connectivity index is 2.81. The van der Waals surface area contributed by atoms with E-state index in [1.54, 1.807) is 13.3 Å². The number of carbonyl (C=O) groups is 1. The summed E-state index contributed by atoms with van der Waals surface area (Å²) in [4.78, 5) is 16.0. The standard InChI is InChI=1S/C13H20N2O2/c1-5-14-8-11(16)6-12-10(3)13(17-4)9(2)7-15-12/h7,14H,5-6,8H2,1-4H3. The molecule has 0 aromatic carbocycles. The second kappa shape index (κ2) is 6.35. The first-order chi connectivity index (χ1) is 8.10. The summed E-state index contributed by atoms with van der Waals surface area (Å²) in [6, 6.07) is 0. The van der Waals surface area contributed by atoms with Crippen molar-refractivity contribution in [3.8, 4) is 5.75 Å². The third-order valence-corrected chi connectivity index (χ3v) is 2.69. The zero-order chi connectivity index (χ0) is 12.8. The summed E-state index contributed by atoms with van der Waals surface area (Å²) in [7, 11) is 1.64. The Morgan fingerprint density at radius 1 is 1.47 bits per heavy atom. The van der Waals surface area contributed by atoms with Crippen LogP contribution in [0, 0.1) is 13.8 Å². The number of ketones is 1. The van der Waals surface area contributed by atoms with Crippen molar-refractivity contribution in [3.63, 3.8) is 0 Å². The van der Waals surface area contributed by atoms with Crippen LogP contribution in [0.3, 0.4) is 0 Å². The first-order valence-corrected chi connectivity index (χ1v) is 5.81. The van der Waals surface area contributed by atoms with Crippen molar-refractivity contribution in [1.29, 1.82) is 0 Å². The third-order valence-electron chi connectivity index (χ3n) is 2.69. The predicted molar refractivity (Wildman–Crippen MR) is 67.5 cm³/mol. The van der Waals surface area contributed by atoms with Crippen molar-refractivity contribution in [2.24, 2.45) is 0 Å². The second-order valence-electron chi connectivity index (χ2n) is 4.04. The molecule has 1 N–H and O–H groups in total. The number of pyridine rings is 1. The quantitative estimate of drug-likeness (QED) is 0.811. The molecular weight excluding hydrogens is 216 g/mol. The molecule has 0 saturated heterocycles. The summed E-state index contributed by atoms with van der Waals surface area (Å²) in [5, 5.41) is 3.02. The van der Waals surface area contributed by atoms with Gasteiger partial charge in [0.25, 0.3) is 0 Å². The molecule has 0 fully saturated rings. The van der Waals surface area contributed by atoms with Gasteiger partial charge in [0.1, 0.15) is 5.75 Å². The van der Waals surface area contributed by atoms with Crippen molar-refractivity contribution in [1.82, 2.24) is 10.3 Å². The van der Waals surface area contributed by atoms with Crippen LogP contribution in [0.2, 0.25) is 0 Å². The number of nitrogens with zero attached hydrogens (tertiary/aromatic N) is 1. The number of hydrogen-bond donors (Lipinski definition) is 1. The fraction of sp³-hybridized carbons (Fsp3) is 0.538. The van der Waals surface area contributed by atoms with E-state index in [4.69, 9.17) is 4.74 Å². The van der Waals surface area contributed by atoms with Crippen molar-refractivity contribution in [3.05, 3.63) is 23.0 Å². The summed E-state index contributed by atoms with van der Waals surface area (Å²) in [5.41, 5.74) is 2.75. The van der Waals surface area contributed by atoms with Crippen molar-refractivity contribution >= 4 is 5.78 Å². The molecule has 4 heteroatoms. The molecule has 0 spiro atoms. The van der Waals surface area contributed by atoms with Gasteiger partial charge in [-0.2, -0.15) is 0 Å². The first kappa shape index (κ1) is 13.6. The van der Waals surface area contributed by atoms with E-state index in [0.717, 1.165) is 29.1 Å². The van der Waals surface area contributed by atoms with Gasteiger partial charge in [-0.15, -0.1) is 0 Å². The molecule has 0 aliphatic heterocycles. The normalized spacial score (nSPS) is 10.4. The average molecular weight is 236 g/mol. The van der Waals surface area contributed by atoms with Gasteiger partial charge in [-0.3, -0.25) is 9.78 Å². The Bertz CT molecular complexity index is 403. The topological polar surface area (TPSA) is 51.2 Å². The third kappa shape index (κ3) is 3.53. The molecule has 0 atom stereocenters. The van der Waals surface area contributed by atoms with Crippen LogP contribution in [0.25, 0.3) is 0 Å². The van der Waals surface area contributed by atoms with Gasteiger partial charge in [-0.05, 0) is 20.4 Å². The Hall–Kier alpha value is -1.42. The fourth-order valence-corrected chi connectivity index (χ4v) is 1.76. The van der Waals surface area contributed by atoms with Crippen LogP contribution in [-0.2, 0) is 11.2 Å². The average Bonchev–Trinajstić information content (AvgIpc) is 2.31. The van der Waals surface area contributed by atoms with Gasteiger partial charge < -0.3 is 10.1 Å². The van der Waals surface area contributed by atoms with Crippen molar-refractivity contribution in [2.45, 2.75) is 27.2 Å². The van der Waals surface area contributed by atoms with Crippen LogP contribution >= 0.6 is 0 Å². The number of carbonyl (C=O) groups excluding carboxylic acids is 1. The number of aromatic nitrogens is 1. The minimum atomic E-state index is 0.147. The van der Waals surface area contributed by atoms with Gasteiger partial charge in [-0.25, -0.2) is 0 Å². The molecule has 0 aliphatic carbocycles. The maximum atomic E-state index is 11.7. The number of nitrogens with one attached hydrogen (secondary N) is 1. The highest BCUT2D eigenvalue weighted by molar-refractivity contribution is 5.82. The lowest BCUT2D eigenvalue weighted by atomic mass is 10.1. The van der Waals surface area contributed by atoms with E-state index < -0.39 is 0 Å². The van der Waals surface area contributed by atoms with Crippen LogP contribution in [0.5, 0.6) is 5.75 Å². The minimum absolute atomic E-state index is 0.147. The number of ether oxygens (including phenoxy) is 1. The zero-order valence-corrected chi connectivity index (χ0v) is 11.0. The SMILES string of the molecule is CCNCC(=O)Cc1ncc(C)c(OC)c1C. The molecule has 1 heterocycles.